The van der Waals surface area contributed by atoms with Gasteiger partial charge < -0.3 is 4.74 Å². The third kappa shape index (κ3) is 7.56. The fraction of sp³-hybridized carbons (Fsp3) is 0.364. The number of amides is 1. The van der Waals surface area contributed by atoms with Gasteiger partial charge in [-0.25, -0.2) is 14.7 Å². The van der Waals surface area contributed by atoms with Crippen LogP contribution in [0.4, 0.5) is 17.6 Å². The molecule has 35 heavy (non-hydrogen) atoms. The molecule has 0 bridgehead atoms. The standard InChI is InChI=1S/C20H18ClF4N5O2S.C2H6/c1-3-16(26-12(2)22)33-29-18(31)13-4-5-14(27-17(13)21)30-10-6-15(28-30)32-11-9-19(7-8-19)20(23,24)25;1-2/h3-6,10H,1-2,7-9,11H2,(H,29,31);1-2H3/b26-16+;. The maximum absolute atomic E-state index is 13.0. The fourth-order valence-corrected chi connectivity index (χ4v) is 3.56. The van der Waals surface area contributed by atoms with Gasteiger partial charge in [0, 0.05) is 24.2 Å². The summed E-state index contributed by atoms with van der Waals surface area (Å²) < 4.78 is 60.8. The Labute approximate surface area is 209 Å². The van der Waals surface area contributed by atoms with E-state index in [0.29, 0.717) is 0 Å². The van der Waals surface area contributed by atoms with E-state index in [1.54, 1.807) is 0 Å². The van der Waals surface area contributed by atoms with Gasteiger partial charge in [0.1, 0.15) is 10.2 Å². The lowest BCUT2D eigenvalue weighted by Crippen LogP contribution is -2.26. The van der Waals surface area contributed by atoms with Crippen LogP contribution in [-0.4, -0.2) is 38.5 Å². The number of nitrogens with zero attached hydrogens (tertiary/aromatic N) is 4. The summed E-state index contributed by atoms with van der Waals surface area (Å²) in [5, 5.41) is 4.07. The highest BCUT2D eigenvalue weighted by atomic mass is 35.5. The van der Waals surface area contributed by atoms with Crippen LogP contribution >= 0.6 is 23.5 Å². The van der Waals surface area contributed by atoms with Crippen LogP contribution < -0.4 is 9.46 Å². The van der Waals surface area contributed by atoms with Crippen LogP contribution in [0.5, 0.6) is 5.88 Å². The molecule has 0 spiro atoms. The van der Waals surface area contributed by atoms with E-state index in [4.69, 9.17) is 16.3 Å². The highest BCUT2D eigenvalue weighted by molar-refractivity contribution is 8.13. The van der Waals surface area contributed by atoms with Gasteiger partial charge in [-0.15, -0.1) is 5.10 Å². The van der Waals surface area contributed by atoms with Gasteiger partial charge in [0.2, 0.25) is 11.8 Å². The van der Waals surface area contributed by atoms with Crippen LogP contribution in [0.2, 0.25) is 5.15 Å². The number of pyridine rings is 1. The first-order valence-electron chi connectivity index (χ1n) is 10.5. The Morgan fingerprint density at radius 2 is 2.06 bits per heavy atom. The average Bonchev–Trinajstić information content (AvgIpc) is 3.47. The molecule has 0 aromatic carbocycles. The molecule has 1 fully saturated rings. The molecule has 0 saturated heterocycles. The van der Waals surface area contributed by atoms with Gasteiger partial charge in [-0.3, -0.25) is 9.52 Å². The number of carbonyl (C=O) groups is 1. The predicted octanol–water partition coefficient (Wildman–Crippen LogP) is 6.46. The molecule has 0 atom stereocenters. The number of hydrogen-bond donors (Lipinski definition) is 1. The topological polar surface area (TPSA) is 81.4 Å². The number of rotatable bonds is 8. The van der Waals surface area contributed by atoms with Crippen molar-refractivity contribution < 1.29 is 27.1 Å². The molecule has 7 nitrogen and oxygen atoms in total. The Bertz CT molecular complexity index is 1100. The first-order valence-corrected chi connectivity index (χ1v) is 11.7. The molecule has 0 radical (unpaired) electrons. The average molecular weight is 534 g/mol. The number of carbonyl (C=O) groups excluding carboxylic acids is 1. The highest BCUT2D eigenvalue weighted by Gasteiger charge is 2.62. The quantitative estimate of drug-likeness (QED) is 0.105. The maximum Gasteiger partial charge on any atom is 0.394 e. The van der Waals surface area contributed by atoms with Crippen LogP contribution in [0.15, 0.2) is 54.6 Å². The van der Waals surface area contributed by atoms with Gasteiger partial charge in [0.25, 0.3) is 5.91 Å². The van der Waals surface area contributed by atoms with Gasteiger partial charge in [0.15, 0.2) is 5.82 Å². The highest BCUT2D eigenvalue weighted by Crippen LogP contribution is 2.59. The smallest absolute Gasteiger partial charge is 0.394 e. The lowest BCUT2D eigenvalue weighted by atomic mass is 10.0. The summed E-state index contributed by atoms with van der Waals surface area (Å²) in [6.07, 6.45) is -1.40. The molecule has 13 heteroatoms. The first kappa shape index (κ1) is 28.4. The SMILES string of the molecule is C=C/C(=N\C(=C)F)SNC(=O)c1ccc(-n2ccc(OCCC3(C(F)(F)F)CC3)n2)nc1Cl.CC. The Morgan fingerprint density at radius 3 is 2.60 bits per heavy atom. The van der Waals surface area contributed by atoms with Crippen molar-refractivity contribution in [1.82, 2.24) is 19.5 Å². The minimum absolute atomic E-state index is 0.0425. The number of ether oxygens (including phenoxy) is 1. The van der Waals surface area contributed by atoms with Crippen molar-refractivity contribution in [3.63, 3.8) is 0 Å². The van der Waals surface area contributed by atoms with E-state index < -0.39 is 23.4 Å². The Balaban J connectivity index is 0.00000210. The number of nitrogens with one attached hydrogen (secondary N) is 1. The van der Waals surface area contributed by atoms with E-state index in [1.807, 2.05) is 13.8 Å². The zero-order chi connectivity index (χ0) is 26.2. The van der Waals surface area contributed by atoms with Crippen LogP contribution in [-0.2, 0) is 0 Å². The summed E-state index contributed by atoms with van der Waals surface area (Å²) in [4.78, 5) is 19.9. The van der Waals surface area contributed by atoms with Crippen molar-refractivity contribution in [1.29, 1.82) is 0 Å². The van der Waals surface area contributed by atoms with E-state index in [2.05, 4.69) is 33.0 Å². The van der Waals surface area contributed by atoms with Crippen molar-refractivity contribution >= 4 is 34.5 Å². The van der Waals surface area contributed by atoms with E-state index >= 15 is 0 Å². The van der Waals surface area contributed by atoms with Gasteiger partial charge >= 0.3 is 6.18 Å². The van der Waals surface area contributed by atoms with Crippen LogP contribution in [0.3, 0.4) is 0 Å². The molecule has 2 aromatic rings. The monoisotopic (exact) mass is 533 g/mol. The van der Waals surface area contributed by atoms with Crippen molar-refractivity contribution in [3.8, 4) is 11.7 Å². The van der Waals surface area contributed by atoms with Gasteiger partial charge in [-0.2, -0.15) is 17.6 Å². The molecule has 2 heterocycles. The zero-order valence-electron chi connectivity index (χ0n) is 19.0. The molecule has 1 N–H and O–H groups in total. The molecule has 1 aliphatic carbocycles. The molecular formula is C22H24ClF4N5O2S. The minimum Gasteiger partial charge on any atom is -0.477 e. The Kier molecular flexibility index (Phi) is 9.90. The van der Waals surface area contributed by atoms with E-state index in [0.717, 1.165) is 11.9 Å². The summed E-state index contributed by atoms with van der Waals surface area (Å²) in [6, 6.07) is 4.35. The first-order chi connectivity index (χ1) is 16.5. The third-order valence-electron chi connectivity index (χ3n) is 4.82. The lowest BCUT2D eigenvalue weighted by molar-refractivity contribution is -0.190. The van der Waals surface area contributed by atoms with Gasteiger partial charge in [-0.1, -0.05) is 32.0 Å². The molecule has 0 aliphatic heterocycles. The second kappa shape index (κ2) is 12.2. The number of halogens is 5. The van der Waals surface area contributed by atoms with Crippen molar-refractivity contribution in [2.75, 3.05) is 6.61 Å². The summed E-state index contributed by atoms with van der Waals surface area (Å²) in [7, 11) is 0. The van der Waals surface area contributed by atoms with Crippen molar-refractivity contribution in [3.05, 3.63) is 60.3 Å². The normalized spacial score (nSPS) is 14.4. The molecular weight excluding hydrogens is 510 g/mol. The predicted molar refractivity (Wildman–Crippen MR) is 128 cm³/mol. The van der Waals surface area contributed by atoms with Crippen LogP contribution in [0, 0.1) is 5.41 Å². The molecule has 3 rings (SSSR count). The van der Waals surface area contributed by atoms with E-state index in [1.165, 1.54) is 35.2 Å². The van der Waals surface area contributed by atoms with Crippen molar-refractivity contribution in [2.45, 2.75) is 39.3 Å². The Hall–Kier alpha value is -2.86. The summed E-state index contributed by atoms with van der Waals surface area (Å²) in [6.45, 7) is 10.3. The van der Waals surface area contributed by atoms with Crippen LogP contribution in [0.1, 0.15) is 43.5 Å². The minimum atomic E-state index is -4.23. The maximum atomic E-state index is 13.0. The molecule has 1 saturated carbocycles. The van der Waals surface area contributed by atoms with Gasteiger partial charge in [-0.05, 0) is 44.1 Å². The number of aromatic nitrogens is 3. The molecule has 0 unspecified atom stereocenters. The summed E-state index contributed by atoms with van der Waals surface area (Å²) >= 11 is 6.83. The second-order valence-corrected chi connectivity index (χ2v) is 8.23. The second-order valence-electron chi connectivity index (χ2n) is 7.05. The lowest BCUT2D eigenvalue weighted by Gasteiger charge is -2.18. The van der Waals surface area contributed by atoms with E-state index in [-0.39, 0.29) is 53.3 Å². The summed E-state index contributed by atoms with van der Waals surface area (Å²) in [5.41, 5.74) is -1.60. The number of hydrogen-bond acceptors (Lipinski definition) is 6. The van der Waals surface area contributed by atoms with Gasteiger partial charge in [0.05, 0.1) is 17.6 Å². The van der Waals surface area contributed by atoms with Crippen LogP contribution in [0.25, 0.3) is 5.82 Å². The van der Waals surface area contributed by atoms with E-state index in [9.17, 15) is 22.4 Å². The number of aliphatic imine (C=N–C) groups is 1. The Morgan fingerprint density at radius 1 is 1.37 bits per heavy atom. The third-order valence-corrected chi connectivity index (χ3v) is 5.86. The fourth-order valence-electron chi connectivity index (χ4n) is 2.79. The van der Waals surface area contributed by atoms with Crippen molar-refractivity contribution in [2.24, 2.45) is 10.4 Å². The molecule has 1 aliphatic rings. The summed E-state index contributed by atoms with van der Waals surface area (Å²) in [5.74, 6) is -1.15. The number of alkyl halides is 3. The molecule has 190 valence electrons. The molecule has 1 amide bonds. The molecule has 2 aromatic heterocycles. The largest absolute Gasteiger partial charge is 0.477 e. The zero-order valence-corrected chi connectivity index (χ0v) is 20.6.